The molecule has 3 rings (SSSR count). The first-order valence-corrected chi connectivity index (χ1v) is 16.1. The normalized spacial score (nSPS) is 16.6. The van der Waals surface area contributed by atoms with E-state index in [4.69, 9.17) is 11.6 Å². The number of nitrogens with zero attached hydrogens (tertiary/aromatic N) is 1. The van der Waals surface area contributed by atoms with Gasteiger partial charge in [0.2, 0.25) is 11.8 Å². The van der Waals surface area contributed by atoms with E-state index in [0.29, 0.717) is 11.4 Å². The fourth-order valence-corrected chi connectivity index (χ4v) is 5.91. The number of carbonyl (C=O) groups is 5. The van der Waals surface area contributed by atoms with Crippen LogP contribution in [-0.4, -0.2) is 73.6 Å². The molecule has 0 aliphatic carbocycles. The van der Waals surface area contributed by atoms with E-state index in [2.05, 4.69) is 10.6 Å². The summed E-state index contributed by atoms with van der Waals surface area (Å²) in [5, 5.41) is 5.07. The van der Waals surface area contributed by atoms with Crippen LogP contribution in [0.3, 0.4) is 0 Å². The molecule has 16 heteroatoms. The smallest absolute Gasteiger partial charge is 0.344 e. The maximum Gasteiger partial charge on any atom is 0.452 e. The van der Waals surface area contributed by atoms with E-state index >= 15 is 0 Å². The van der Waals surface area contributed by atoms with Gasteiger partial charge in [-0.15, -0.1) is 0 Å². The molecule has 1 aliphatic heterocycles. The SMILES string of the molecule is CC(C)C(NC(=O)C1CCCN1C(=O)[C@H](NC(=O)c1ccc(C(=O)NS(=O)(=O)c2ccc(Cl)cc2)cc1)C(C)C)C(=O)C(F)(F)F. The molecule has 4 amide bonds. The van der Waals surface area contributed by atoms with Crippen molar-refractivity contribution in [3.8, 4) is 0 Å². The van der Waals surface area contributed by atoms with Crippen LogP contribution in [0.25, 0.3) is 0 Å². The highest BCUT2D eigenvalue weighted by Gasteiger charge is 2.46. The van der Waals surface area contributed by atoms with Gasteiger partial charge >= 0.3 is 6.18 Å². The summed E-state index contributed by atoms with van der Waals surface area (Å²) in [7, 11) is -4.20. The highest BCUT2D eigenvalue weighted by Crippen LogP contribution is 2.24. The second-order valence-electron chi connectivity index (χ2n) is 11.4. The lowest BCUT2D eigenvalue weighted by molar-refractivity contribution is -0.175. The van der Waals surface area contributed by atoms with E-state index in [0.717, 1.165) is 0 Å². The van der Waals surface area contributed by atoms with Crippen LogP contribution in [0.2, 0.25) is 5.02 Å². The van der Waals surface area contributed by atoms with Gasteiger partial charge in [0.25, 0.3) is 27.6 Å². The Labute approximate surface area is 269 Å². The summed E-state index contributed by atoms with van der Waals surface area (Å²) in [5.41, 5.74) is -0.0306. The molecule has 3 N–H and O–H groups in total. The Morgan fingerprint density at radius 1 is 0.826 bits per heavy atom. The number of nitrogens with one attached hydrogen (secondary N) is 3. The number of hydrogen-bond donors (Lipinski definition) is 3. The lowest BCUT2D eigenvalue weighted by Crippen LogP contribution is -2.58. The largest absolute Gasteiger partial charge is 0.452 e. The van der Waals surface area contributed by atoms with Crippen molar-refractivity contribution in [2.75, 3.05) is 6.54 Å². The predicted molar refractivity (Wildman–Crippen MR) is 161 cm³/mol. The molecule has 0 bridgehead atoms. The van der Waals surface area contributed by atoms with Crippen LogP contribution in [-0.2, 0) is 24.4 Å². The quantitative estimate of drug-likeness (QED) is 0.327. The van der Waals surface area contributed by atoms with Crippen molar-refractivity contribution in [1.82, 2.24) is 20.3 Å². The van der Waals surface area contributed by atoms with E-state index in [9.17, 15) is 45.6 Å². The maximum atomic E-state index is 13.6. The molecule has 0 aromatic heterocycles. The number of sulfonamides is 1. The molecule has 1 heterocycles. The van der Waals surface area contributed by atoms with Crippen LogP contribution in [0, 0.1) is 11.8 Å². The zero-order chi connectivity index (χ0) is 34.6. The van der Waals surface area contributed by atoms with Crippen molar-refractivity contribution in [2.45, 2.75) is 69.7 Å². The van der Waals surface area contributed by atoms with Crippen LogP contribution in [0.5, 0.6) is 0 Å². The Bertz CT molecular complexity index is 1580. The van der Waals surface area contributed by atoms with Gasteiger partial charge in [0.15, 0.2) is 0 Å². The number of Topliss-reactive ketones (excluding diaryl/α,β-unsaturated/α-hetero) is 1. The third kappa shape index (κ3) is 8.84. The molecular weight excluding hydrogens is 653 g/mol. The number of alkyl halides is 3. The molecular formula is C30H34ClF3N4O7S. The predicted octanol–water partition coefficient (Wildman–Crippen LogP) is 3.48. The molecule has 250 valence electrons. The van der Waals surface area contributed by atoms with E-state index in [1.54, 1.807) is 13.8 Å². The molecule has 0 saturated carbocycles. The lowest BCUT2D eigenvalue weighted by Gasteiger charge is -2.32. The summed E-state index contributed by atoms with van der Waals surface area (Å²) in [6.07, 6.45) is -4.63. The van der Waals surface area contributed by atoms with E-state index < -0.39 is 75.6 Å². The Kier molecular flexibility index (Phi) is 11.6. The summed E-state index contributed by atoms with van der Waals surface area (Å²) in [4.78, 5) is 65.2. The molecule has 1 fully saturated rings. The number of hydrogen-bond acceptors (Lipinski definition) is 7. The van der Waals surface area contributed by atoms with Crippen LogP contribution < -0.4 is 15.4 Å². The monoisotopic (exact) mass is 686 g/mol. The third-order valence-corrected chi connectivity index (χ3v) is 8.94. The number of halogens is 4. The standard InChI is InChI=1S/C30H34ClF3N4O7S/c1-16(2)23(25(39)30(32,33)34)35-28(42)22-6-5-15-38(22)29(43)24(17(3)4)36-26(40)18-7-9-19(10-8-18)27(41)37-46(44,45)21-13-11-20(31)12-14-21/h7-14,16-17,22-24H,5-6,15H2,1-4H3,(H,35,42)(H,36,40)(H,37,41)/t22?,23?,24-/m1/s1. The van der Waals surface area contributed by atoms with Crippen molar-refractivity contribution < 1.29 is 45.6 Å². The van der Waals surface area contributed by atoms with E-state index in [-0.39, 0.29) is 29.0 Å². The molecule has 11 nitrogen and oxygen atoms in total. The van der Waals surface area contributed by atoms with Gasteiger partial charge in [0.05, 0.1) is 10.9 Å². The van der Waals surface area contributed by atoms with Gasteiger partial charge in [-0.1, -0.05) is 39.3 Å². The third-order valence-electron chi connectivity index (χ3n) is 7.34. The van der Waals surface area contributed by atoms with Gasteiger partial charge in [-0.25, -0.2) is 13.1 Å². The van der Waals surface area contributed by atoms with Crippen LogP contribution in [0.15, 0.2) is 53.4 Å². The fraction of sp³-hybridized carbons (Fsp3) is 0.433. The van der Waals surface area contributed by atoms with E-state index in [1.807, 2.05) is 4.72 Å². The number of carbonyl (C=O) groups excluding carboxylic acids is 5. The lowest BCUT2D eigenvalue weighted by atomic mass is 9.98. The maximum absolute atomic E-state index is 13.6. The number of amides is 4. The zero-order valence-electron chi connectivity index (χ0n) is 25.4. The second-order valence-corrected chi connectivity index (χ2v) is 13.6. The topological polar surface area (TPSA) is 159 Å². The van der Waals surface area contributed by atoms with Crippen LogP contribution in [0.1, 0.15) is 61.3 Å². The average molecular weight is 687 g/mol. The second kappa shape index (κ2) is 14.6. The number of likely N-dealkylation sites (tertiary alicyclic amines) is 1. The van der Waals surface area contributed by atoms with Crippen molar-refractivity contribution >= 4 is 51.0 Å². The molecule has 2 unspecified atom stereocenters. The average Bonchev–Trinajstić information content (AvgIpc) is 3.47. The minimum Gasteiger partial charge on any atom is -0.344 e. The van der Waals surface area contributed by atoms with Crippen molar-refractivity contribution in [3.63, 3.8) is 0 Å². The van der Waals surface area contributed by atoms with Crippen LogP contribution in [0.4, 0.5) is 13.2 Å². The number of rotatable bonds is 11. The summed E-state index contributed by atoms with van der Waals surface area (Å²) in [6, 6.07) is 6.03. The molecule has 1 aliphatic rings. The first-order chi connectivity index (χ1) is 21.3. The molecule has 2 aromatic rings. The Balaban J connectivity index is 1.70. The minimum absolute atomic E-state index is 0.0386. The zero-order valence-corrected chi connectivity index (χ0v) is 26.9. The summed E-state index contributed by atoms with van der Waals surface area (Å²) in [6.45, 7) is 6.13. The van der Waals surface area contributed by atoms with Gasteiger partial charge < -0.3 is 15.5 Å². The van der Waals surface area contributed by atoms with Crippen molar-refractivity contribution in [2.24, 2.45) is 11.8 Å². The van der Waals surface area contributed by atoms with E-state index in [1.165, 1.54) is 67.3 Å². The number of benzene rings is 2. The van der Waals surface area contributed by atoms with Crippen LogP contribution >= 0.6 is 11.6 Å². The number of ketones is 1. The molecule has 0 spiro atoms. The first kappa shape index (κ1) is 36.5. The summed E-state index contributed by atoms with van der Waals surface area (Å²) >= 11 is 5.78. The van der Waals surface area contributed by atoms with Crippen molar-refractivity contribution in [3.05, 3.63) is 64.7 Å². The molecule has 1 saturated heterocycles. The minimum atomic E-state index is -5.16. The Morgan fingerprint density at radius 3 is 1.85 bits per heavy atom. The molecule has 2 aromatic carbocycles. The Hall–Kier alpha value is -3.98. The van der Waals surface area contributed by atoms with Gasteiger partial charge in [-0.3, -0.25) is 24.0 Å². The molecule has 3 atom stereocenters. The van der Waals surface area contributed by atoms with Gasteiger partial charge in [0.1, 0.15) is 12.1 Å². The van der Waals surface area contributed by atoms with Gasteiger partial charge in [-0.05, 0) is 73.2 Å². The first-order valence-electron chi connectivity index (χ1n) is 14.3. The Morgan fingerprint density at radius 2 is 1.35 bits per heavy atom. The highest BCUT2D eigenvalue weighted by atomic mass is 35.5. The summed E-state index contributed by atoms with van der Waals surface area (Å²) in [5.74, 6) is -6.62. The highest BCUT2D eigenvalue weighted by molar-refractivity contribution is 7.90. The molecule has 0 radical (unpaired) electrons. The van der Waals surface area contributed by atoms with Gasteiger partial charge in [0, 0.05) is 22.7 Å². The summed E-state index contributed by atoms with van der Waals surface area (Å²) < 4.78 is 66.3. The van der Waals surface area contributed by atoms with Crippen molar-refractivity contribution in [1.29, 1.82) is 0 Å². The fourth-order valence-electron chi connectivity index (χ4n) is 4.81. The molecule has 46 heavy (non-hydrogen) atoms. The van der Waals surface area contributed by atoms with Gasteiger partial charge in [-0.2, -0.15) is 13.2 Å².